The molecular weight excluding hydrogens is 352 g/mol. The largest absolute Gasteiger partial charge is 0.493 e. The summed E-state index contributed by atoms with van der Waals surface area (Å²) in [7, 11) is 1.67. The van der Waals surface area contributed by atoms with E-state index in [9.17, 15) is 5.11 Å². The van der Waals surface area contributed by atoms with Crippen LogP contribution in [0, 0.1) is 11.8 Å². The lowest BCUT2D eigenvalue weighted by atomic mass is 9.64. The normalized spacial score (nSPS) is 27.4. The molecular formula is C23H30N2O3. The molecule has 4 rings (SSSR count). The average Bonchev–Trinajstić information content (AvgIpc) is 2.70. The van der Waals surface area contributed by atoms with E-state index in [2.05, 4.69) is 22.0 Å². The first-order chi connectivity index (χ1) is 13.6. The molecule has 150 valence electrons. The zero-order valence-corrected chi connectivity index (χ0v) is 16.8. The van der Waals surface area contributed by atoms with E-state index in [1.807, 2.05) is 31.2 Å². The third-order valence-electron chi connectivity index (χ3n) is 6.32. The number of aromatic nitrogens is 1. The van der Waals surface area contributed by atoms with E-state index in [0.717, 1.165) is 49.7 Å². The van der Waals surface area contributed by atoms with Gasteiger partial charge in [0.15, 0.2) is 11.5 Å². The van der Waals surface area contributed by atoms with Crippen LogP contribution in [0.2, 0.25) is 0 Å². The van der Waals surface area contributed by atoms with Crippen LogP contribution in [0.15, 0.2) is 42.6 Å². The van der Waals surface area contributed by atoms with Crippen LogP contribution in [0.25, 0.3) is 0 Å². The van der Waals surface area contributed by atoms with Crippen LogP contribution in [-0.4, -0.2) is 41.8 Å². The number of likely N-dealkylation sites (tertiary alicyclic amines) is 1. The van der Waals surface area contributed by atoms with E-state index in [-0.39, 0.29) is 11.8 Å². The van der Waals surface area contributed by atoms with Crippen LogP contribution < -0.4 is 9.47 Å². The predicted molar refractivity (Wildman–Crippen MR) is 108 cm³/mol. The van der Waals surface area contributed by atoms with E-state index >= 15 is 0 Å². The molecule has 1 saturated heterocycles. The Balaban J connectivity index is 1.53. The molecule has 1 aliphatic carbocycles. The van der Waals surface area contributed by atoms with Crippen LogP contribution in [0.5, 0.6) is 11.5 Å². The lowest BCUT2D eigenvalue weighted by molar-refractivity contribution is -0.151. The highest BCUT2D eigenvalue weighted by molar-refractivity contribution is 5.43. The minimum absolute atomic E-state index is 0.222. The highest BCUT2D eigenvalue weighted by atomic mass is 16.5. The number of benzene rings is 1. The number of nitrogens with zero attached hydrogens (tertiary/aromatic N) is 2. The lowest BCUT2D eigenvalue weighted by Gasteiger charge is -2.52. The molecule has 1 N–H and O–H groups in total. The first-order valence-corrected chi connectivity index (χ1v) is 10.3. The van der Waals surface area contributed by atoms with Crippen molar-refractivity contribution in [1.29, 1.82) is 0 Å². The summed E-state index contributed by atoms with van der Waals surface area (Å²) in [6.45, 7) is 5.23. The SMILES string of the molecule is CCOc1cc(CN2C[C@@H]3CCC[C@@H](C2)C3(O)c2ccccn2)ccc1OC. The monoisotopic (exact) mass is 382 g/mol. The number of hydrogen-bond donors (Lipinski definition) is 1. The molecule has 1 aromatic carbocycles. The van der Waals surface area contributed by atoms with E-state index in [0.29, 0.717) is 6.61 Å². The Hall–Kier alpha value is -2.11. The number of hydrogen-bond acceptors (Lipinski definition) is 5. The van der Waals surface area contributed by atoms with Gasteiger partial charge in [-0.2, -0.15) is 0 Å². The van der Waals surface area contributed by atoms with Crippen LogP contribution in [-0.2, 0) is 12.1 Å². The summed E-state index contributed by atoms with van der Waals surface area (Å²) in [5, 5.41) is 11.7. The maximum Gasteiger partial charge on any atom is 0.161 e. The van der Waals surface area contributed by atoms with Crippen LogP contribution in [0.1, 0.15) is 37.4 Å². The number of fused-ring (bicyclic) bond motifs is 2. The molecule has 2 atom stereocenters. The molecule has 0 radical (unpaired) electrons. The number of rotatable bonds is 6. The van der Waals surface area contributed by atoms with E-state index in [1.165, 1.54) is 12.0 Å². The molecule has 1 aromatic heterocycles. The van der Waals surface area contributed by atoms with Gasteiger partial charge in [0.25, 0.3) is 0 Å². The molecule has 5 heteroatoms. The fraction of sp³-hybridized carbons (Fsp3) is 0.522. The van der Waals surface area contributed by atoms with Gasteiger partial charge in [-0.1, -0.05) is 18.6 Å². The van der Waals surface area contributed by atoms with Gasteiger partial charge in [-0.05, 0) is 49.6 Å². The van der Waals surface area contributed by atoms with E-state index in [1.54, 1.807) is 13.3 Å². The van der Waals surface area contributed by atoms with Crippen molar-refractivity contribution in [1.82, 2.24) is 9.88 Å². The minimum Gasteiger partial charge on any atom is -0.493 e. The molecule has 2 bridgehead atoms. The highest BCUT2D eigenvalue weighted by Crippen LogP contribution is 2.48. The van der Waals surface area contributed by atoms with Gasteiger partial charge in [-0.15, -0.1) is 0 Å². The molecule has 2 fully saturated rings. The fourth-order valence-electron chi connectivity index (χ4n) is 5.04. The molecule has 1 saturated carbocycles. The number of piperidine rings is 1. The molecule has 28 heavy (non-hydrogen) atoms. The predicted octanol–water partition coefficient (Wildman–Crippen LogP) is 3.61. The highest BCUT2D eigenvalue weighted by Gasteiger charge is 2.52. The Labute approximate surface area is 167 Å². The average molecular weight is 383 g/mol. The zero-order valence-electron chi connectivity index (χ0n) is 16.8. The summed E-state index contributed by atoms with van der Waals surface area (Å²) in [5.74, 6) is 2.01. The smallest absolute Gasteiger partial charge is 0.161 e. The van der Waals surface area contributed by atoms with Gasteiger partial charge < -0.3 is 14.6 Å². The first kappa shape index (κ1) is 19.2. The quantitative estimate of drug-likeness (QED) is 0.827. The van der Waals surface area contributed by atoms with Crippen molar-refractivity contribution in [3.05, 3.63) is 53.9 Å². The third kappa shape index (κ3) is 3.49. The molecule has 2 aromatic rings. The molecule has 0 unspecified atom stereocenters. The van der Waals surface area contributed by atoms with Crippen molar-refractivity contribution in [2.75, 3.05) is 26.8 Å². The van der Waals surface area contributed by atoms with Crippen molar-refractivity contribution < 1.29 is 14.6 Å². The Morgan fingerprint density at radius 1 is 1.14 bits per heavy atom. The molecule has 0 amide bonds. The second kappa shape index (κ2) is 8.10. The molecule has 2 heterocycles. The summed E-state index contributed by atoms with van der Waals surface area (Å²) in [5.41, 5.74) is 1.25. The molecule has 1 aliphatic heterocycles. The van der Waals surface area contributed by atoms with Gasteiger partial charge in [0, 0.05) is 37.7 Å². The van der Waals surface area contributed by atoms with Gasteiger partial charge in [0.1, 0.15) is 5.60 Å². The van der Waals surface area contributed by atoms with Gasteiger partial charge in [-0.3, -0.25) is 9.88 Å². The fourth-order valence-corrected chi connectivity index (χ4v) is 5.04. The maximum absolute atomic E-state index is 11.7. The van der Waals surface area contributed by atoms with Gasteiger partial charge in [-0.25, -0.2) is 0 Å². The van der Waals surface area contributed by atoms with Gasteiger partial charge in [0.2, 0.25) is 0 Å². The van der Waals surface area contributed by atoms with Crippen LogP contribution in [0.3, 0.4) is 0 Å². The molecule has 0 spiro atoms. The first-order valence-electron chi connectivity index (χ1n) is 10.3. The Kier molecular flexibility index (Phi) is 5.56. The Morgan fingerprint density at radius 2 is 1.93 bits per heavy atom. The van der Waals surface area contributed by atoms with Crippen LogP contribution in [0.4, 0.5) is 0 Å². The second-order valence-corrected chi connectivity index (χ2v) is 7.98. The maximum atomic E-state index is 11.7. The van der Waals surface area contributed by atoms with Crippen molar-refractivity contribution in [3.8, 4) is 11.5 Å². The number of methoxy groups -OCH3 is 1. The summed E-state index contributed by atoms with van der Waals surface area (Å²) < 4.78 is 11.1. The number of aliphatic hydroxyl groups is 1. The Morgan fingerprint density at radius 3 is 2.57 bits per heavy atom. The van der Waals surface area contributed by atoms with E-state index < -0.39 is 5.60 Å². The van der Waals surface area contributed by atoms with Gasteiger partial charge >= 0.3 is 0 Å². The summed E-state index contributed by atoms with van der Waals surface area (Å²) >= 11 is 0. The second-order valence-electron chi connectivity index (χ2n) is 7.98. The number of pyridine rings is 1. The molecule has 5 nitrogen and oxygen atoms in total. The van der Waals surface area contributed by atoms with E-state index in [4.69, 9.17) is 9.47 Å². The summed E-state index contributed by atoms with van der Waals surface area (Å²) in [6, 6.07) is 12.1. The summed E-state index contributed by atoms with van der Waals surface area (Å²) in [6.07, 6.45) is 5.08. The van der Waals surface area contributed by atoms with Gasteiger partial charge in [0.05, 0.1) is 19.4 Å². The third-order valence-corrected chi connectivity index (χ3v) is 6.32. The van der Waals surface area contributed by atoms with Crippen molar-refractivity contribution >= 4 is 0 Å². The molecule has 2 aliphatic rings. The van der Waals surface area contributed by atoms with Crippen molar-refractivity contribution in [3.63, 3.8) is 0 Å². The minimum atomic E-state index is -0.799. The zero-order chi connectivity index (χ0) is 19.6. The topological polar surface area (TPSA) is 54.8 Å². The number of ether oxygens (including phenoxy) is 2. The lowest BCUT2D eigenvalue weighted by Crippen LogP contribution is -2.58. The standard InChI is InChI=1S/C23H30N2O3/c1-3-28-21-13-17(10-11-20(21)27-2)14-25-15-18-7-6-8-19(16-25)23(18,26)22-9-4-5-12-24-22/h4-5,9-13,18-19,26H,3,6-8,14-16H2,1-2H3/t18-,19-/m0/s1. The van der Waals surface area contributed by atoms with Crippen molar-refractivity contribution in [2.24, 2.45) is 11.8 Å². The summed E-state index contributed by atoms with van der Waals surface area (Å²) in [4.78, 5) is 6.99. The van der Waals surface area contributed by atoms with Crippen LogP contribution >= 0.6 is 0 Å². The van der Waals surface area contributed by atoms with Crippen molar-refractivity contribution in [2.45, 2.75) is 38.3 Å². The Bertz CT molecular complexity index is 782.